The van der Waals surface area contributed by atoms with Gasteiger partial charge in [-0.3, -0.25) is 14.9 Å². The molecule has 0 aliphatic rings. The molecule has 7 heteroatoms. The lowest BCUT2D eigenvalue weighted by molar-refractivity contribution is -0.385. The number of nitro groups is 1. The molecule has 0 bridgehead atoms. The molecule has 0 saturated carbocycles. The van der Waals surface area contributed by atoms with Crippen molar-refractivity contribution in [2.24, 2.45) is 0 Å². The average molecular weight is 412 g/mol. The molecule has 3 aromatic carbocycles. The molecule has 0 saturated heterocycles. The molecule has 154 valence electrons. The quantitative estimate of drug-likeness (QED) is 0.368. The number of hydrogen-bond acceptors (Lipinski definition) is 4. The van der Waals surface area contributed by atoms with Crippen LogP contribution in [0.25, 0.3) is 16.9 Å². The summed E-state index contributed by atoms with van der Waals surface area (Å²) >= 11 is 0. The Morgan fingerprint density at radius 1 is 1.03 bits per heavy atom. The fourth-order valence-corrected chi connectivity index (χ4v) is 3.37. The zero-order valence-corrected chi connectivity index (χ0v) is 16.9. The van der Waals surface area contributed by atoms with Gasteiger partial charge in [-0.2, -0.15) is 5.10 Å². The first-order valence-electron chi connectivity index (χ1n) is 9.75. The van der Waals surface area contributed by atoms with Crippen LogP contribution >= 0.6 is 0 Å². The number of carbonyl (C=O) groups excluding carboxylic acids is 1. The second kappa shape index (κ2) is 8.62. The van der Waals surface area contributed by atoms with Crippen molar-refractivity contribution in [2.75, 3.05) is 0 Å². The van der Waals surface area contributed by atoms with E-state index in [1.807, 2.05) is 66.9 Å². The van der Waals surface area contributed by atoms with Crippen LogP contribution in [0.5, 0.6) is 0 Å². The summed E-state index contributed by atoms with van der Waals surface area (Å²) in [5, 5.41) is 18.6. The first-order valence-corrected chi connectivity index (χ1v) is 9.75. The van der Waals surface area contributed by atoms with E-state index in [-0.39, 0.29) is 18.1 Å². The van der Waals surface area contributed by atoms with Gasteiger partial charge < -0.3 is 5.32 Å². The molecule has 7 nitrogen and oxygen atoms in total. The van der Waals surface area contributed by atoms with E-state index in [4.69, 9.17) is 5.10 Å². The Hall–Kier alpha value is -4.26. The minimum absolute atomic E-state index is 0.00736. The highest BCUT2D eigenvalue weighted by atomic mass is 16.6. The van der Waals surface area contributed by atoms with E-state index in [1.54, 1.807) is 11.6 Å². The number of nitrogens with one attached hydrogen (secondary N) is 1. The molecule has 1 amide bonds. The first kappa shape index (κ1) is 20.0. The Morgan fingerprint density at radius 3 is 2.35 bits per heavy atom. The molecule has 0 radical (unpaired) electrons. The van der Waals surface area contributed by atoms with E-state index in [9.17, 15) is 14.9 Å². The van der Waals surface area contributed by atoms with Crippen LogP contribution in [-0.4, -0.2) is 20.6 Å². The molecule has 1 aromatic heterocycles. The number of nitrogens with zero attached hydrogens (tertiary/aromatic N) is 3. The summed E-state index contributed by atoms with van der Waals surface area (Å²) in [5.41, 5.74) is 4.33. The van der Waals surface area contributed by atoms with Gasteiger partial charge in [-0.1, -0.05) is 48.5 Å². The summed E-state index contributed by atoms with van der Waals surface area (Å²) in [6, 6.07) is 23.9. The number of benzene rings is 3. The van der Waals surface area contributed by atoms with Crippen LogP contribution in [0.4, 0.5) is 5.69 Å². The largest absolute Gasteiger partial charge is 0.348 e. The van der Waals surface area contributed by atoms with E-state index in [0.717, 1.165) is 22.5 Å². The predicted octanol–water partition coefficient (Wildman–Crippen LogP) is 4.69. The normalized spacial score (nSPS) is 10.6. The number of hydrogen-bond donors (Lipinski definition) is 1. The molecular weight excluding hydrogens is 392 g/mol. The second-order valence-corrected chi connectivity index (χ2v) is 7.09. The van der Waals surface area contributed by atoms with Gasteiger partial charge in [0.05, 0.1) is 16.3 Å². The SMILES string of the molecule is Cc1cc(C(=O)NCc2cn(-c3ccccc3)nc2-c2ccccc2)ccc1[N+](=O)[O-]. The minimum atomic E-state index is -0.457. The van der Waals surface area contributed by atoms with Crippen LogP contribution in [0.2, 0.25) is 0 Å². The van der Waals surface area contributed by atoms with Gasteiger partial charge >= 0.3 is 0 Å². The highest BCUT2D eigenvalue weighted by Gasteiger charge is 2.16. The van der Waals surface area contributed by atoms with Gasteiger partial charge in [-0.15, -0.1) is 0 Å². The molecule has 0 aliphatic heterocycles. The zero-order chi connectivity index (χ0) is 21.8. The topological polar surface area (TPSA) is 90.1 Å². The third-order valence-corrected chi connectivity index (χ3v) is 4.95. The summed E-state index contributed by atoms with van der Waals surface area (Å²) in [6.45, 7) is 1.89. The Kier molecular flexibility index (Phi) is 5.57. The number of aryl methyl sites for hydroxylation is 1. The molecule has 4 rings (SSSR count). The molecule has 1 N–H and O–H groups in total. The summed E-state index contributed by atoms with van der Waals surface area (Å²) < 4.78 is 1.79. The fraction of sp³-hybridized carbons (Fsp3) is 0.0833. The van der Waals surface area contributed by atoms with Gasteiger partial charge in [0.15, 0.2) is 0 Å². The number of amides is 1. The standard InChI is InChI=1S/C24H20N4O3/c1-17-14-19(12-13-22(17)28(30)31)24(29)25-15-20-16-27(21-10-6-3-7-11-21)26-23(20)18-8-4-2-5-9-18/h2-14,16H,15H2,1H3,(H,25,29). The van der Waals surface area contributed by atoms with E-state index in [1.165, 1.54) is 18.2 Å². The van der Waals surface area contributed by atoms with Crippen molar-refractivity contribution >= 4 is 11.6 Å². The molecule has 0 fully saturated rings. The number of para-hydroxylation sites is 1. The summed E-state index contributed by atoms with van der Waals surface area (Å²) in [7, 11) is 0. The van der Waals surface area contributed by atoms with Gasteiger partial charge in [0.2, 0.25) is 0 Å². The molecule has 0 atom stereocenters. The molecule has 0 aliphatic carbocycles. The smallest absolute Gasteiger partial charge is 0.272 e. The van der Waals surface area contributed by atoms with Gasteiger partial charge in [0.1, 0.15) is 0 Å². The Bertz CT molecular complexity index is 1230. The lowest BCUT2D eigenvalue weighted by atomic mass is 10.1. The van der Waals surface area contributed by atoms with Gasteiger partial charge in [-0.05, 0) is 31.2 Å². The highest BCUT2D eigenvalue weighted by Crippen LogP contribution is 2.24. The van der Waals surface area contributed by atoms with E-state index in [2.05, 4.69) is 5.32 Å². The number of aromatic nitrogens is 2. The van der Waals surface area contributed by atoms with Crippen LogP contribution in [0, 0.1) is 17.0 Å². The van der Waals surface area contributed by atoms with Gasteiger partial charge in [0.25, 0.3) is 11.6 Å². The van der Waals surface area contributed by atoms with Crippen molar-refractivity contribution in [3.63, 3.8) is 0 Å². The maximum atomic E-state index is 12.7. The molecule has 4 aromatic rings. The third kappa shape index (κ3) is 4.35. The van der Waals surface area contributed by atoms with Crippen molar-refractivity contribution in [2.45, 2.75) is 13.5 Å². The maximum Gasteiger partial charge on any atom is 0.272 e. The zero-order valence-electron chi connectivity index (χ0n) is 16.9. The summed E-state index contributed by atoms with van der Waals surface area (Å²) in [4.78, 5) is 23.2. The first-order chi connectivity index (χ1) is 15.0. The summed E-state index contributed by atoms with van der Waals surface area (Å²) in [5.74, 6) is -0.301. The van der Waals surface area contributed by atoms with Crippen molar-refractivity contribution < 1.29 is 9.72 Å². The van der Waals surface area contributed by atoms with Crippen LogP contribution in [0.1, 0.15) is 21.5 Å². The third-order valence-electron chi connectivity index (χ3n) is 4.95. The monoisotopic (exact) mass is 412 g/mol. The minimum Gasteiger partial charge on any atom is -0.348 e. The number of nitro benzene ring substituents is 1. The summed E-state index contributed by atoms with van der Waals surface area (Å²) in [6.07, 6.45) is 1.90. The molecular formula is C24H20N4O3. The van der Waals surface area contributed by atoms with E-state index >= 15 is 0 Å². The van der Waals surface area contributed by atoms with Crippen molar-refractivity contribution in [3.05, 3.63) is 112 Å². The Labute approximate surface area is 179 Å². The maximum absolute atomic E-state index is 12.7. The molecule has 0 spiro atoms. The second-order valence-electron chi connectivity index (χ2n) is 7.09. The number of rotatable bonds is 6. The number of carbonyl (C=O) groups is 1. The highest BCUT2D eigenvalue weighted by molar-refractivity contribution is 5.94. The lowest BCUT2D eigenvalue weighted by Crippen LogP contribution is -2.23. The van der Waals surface area contributed by atoms with Crippen molar-refractivity contribution in [1.82, 2.24) is 15.1 Å². The molecule has 0 unspecified atom stereocenters. The van der Waals surface area contributed by atoms with E-state index < -0.39 is 4.92 Å². The van der Waals surface area contributed by atoms with Gasteiger partial charge in [0, 0.05) is 41.1 Å². The molecule has 1 heterocycles. The van der Waals surface area contributed by atoms with Crippen LogP contribution in [-0.2, 0) is 6.54 Å². The Morgan fingerprint density at radius 2 is 1.71 bits per heavy atom. The van der Waals surface area contributed by atoms with Crippen molar-refractivity contribution in [1.29, 1.82) is 0 Å². The van der Waals surface area contributed by atoms with E-state index in [0.29, 0.717) is 11.1 Å². The van der Waals surface area contributed by atoms with Crippen LogP contribution < -0.4 is 5.32 Å². The average Bonchev–Trinajstić information content (AvgIpc) is 3.22. The molecule has 31 heavy (non-hydrogen) atoms. The van der Waals surface area contributed by atoms with Crippen LogP contribution in [0.3, 0.4) is 0 Å². The van der Waals surface area contributed by atoms with Crippen LogP contribution in [0.15, 0.2) is 85.1 Å². The van der Waals surface area contributed by atoms with Crippen molar-refractivity contribution in [3.8, 4) is 16.9 Å². The lowest BCUT2D eigenvalue weighted by Gasteiger charge is -2.07. The Balaban J connectivity index is 1.60. The fourth-order valence-electron chi connectivity index (χ4n) is 3.37. The predicted molar refractivity (Wildman–Crippen MR) is 118 cm³/mol. The van der Waals surface area contributed by atoms with Gasteiger partial charge in [-0.25, -0.2) is 4.68 Å².